The van der Waals surface area contributed by atoms with Crippen molar-refractivity contribution in [3.8, 4) is 5.75 Å². The fraction of sp³-hybridized carbons (Fsp3) is 0.391. The second kappa shape index (κ2) is 6.48. The Kier molecular flexibility index (Phi) is 3.97. The van der Waals surface area contributed by atoms with Crippen molar-refractivity contribution in [1.29, 1.82) is 0 Å². The minimum Gasteiger partial charge on any atom is -0.492 e. The number of benzene rings is 2. The zero-order valence-corrected chi connectivity index (χ0v) is 15.4. The number of nitrogens with zero attached hydrogens (tertiary/aromatic N) is 2. The van der Waals surface area contributed by atoms with Gasteiger partial charge in [0.1, 0.15) is 12.4 Å². The minimum absolute atomic E-state index is 0.582. The highest BCUT2D eigenvalue weighted by Gasteiger charge is 2.38. The second-order valence-corrected chi connectivity index (χ2v) is 7.66. The molecule has 3 heteroatoms. The van der Waals surface area contributed by atoms with E-state index in [4.69, 9.17) is 4.74 Å². The van der Waals surface area contributed by atoms with Gasteiger partial charge in [0.2, 0.25) is 0 Å². The van der Waals surface area contributed by atoms with Gasteiger partial charge in [-0.1, -0.05) is 36.4 Å². The van der Waals surface area contributed by atoms with E-state index in [1.165, 1.54) is 36.6 Å². The summed E-state index contributed by atoms with van der Waals surface area (Å²) in [6.45, 7) is 1.62. The van der Waals surface area contributed by atoms with E-state index in [2.05, 4.69) is 40.8 Å². The van der Waals surface area contributed by atoms with Crippen LogP contribution < -0.4 is 4.74 Å². The van der Waals surface area contributed by atoms with Crippen molar-refractivity contribution in [3.05, 3.63) is 65.9 Å². The highest BCUT2D eigenvalue weighted by Crippen LogP contribution is 2.45. The summed E-state index contributed by atoms with van der Waals surface area (Å²) in [4.78, 5) is 2.63. The zero-order valence-electron chi connectivity index (χ0n) is 15.4. The van der Waals surface area contributed by atoms with Crippen molar-refractivity contribution in [2.75, 3.05) is 13.7 Å². The molecule has 3 nitrogen and oxygen atoms in total. The van der Waals surface area contributed by atoms with Gasteiger partial charge in [0.15, 0.2) is 0 Å². The molecule has 2 aromatic carbocycles. The molecule has 3 heterocycles. The first kappa shape index (κ1) is 16.0. The Bertz CT molecular complexity index is 915. The largest absolute Gasteiger partial charge is 0.492 e. The maximum Gasteiger partial charge on any atom is 0.119 e. The van der Waals surface area contributed by atoms with E-state index < -0.39 is 0 Å². The van der Waals surface area contributed by atoms with Gasteiger partial charge in [0.05, 0.1) is 6.54 Å². The molecule has 2 aliphatic rings. The van der Waals surface area contributed by atoms with Crippen molar-refractivity contribution in [1.82, 2.24) is 9.47 Å². The molecular formula is C23H26N2O. The van der Waals surface area contributed by atoms with Crippen molar-refractivity contribution in [2.24, 2.45) is 0 Å². The fourth-order valence-electron chi connectivity index (χ4n) is 5.03. The monoisotopic (exact) mass is 346 g/mol. The summed E-state index contributed by atoms with van der Waals surface area (Å²) in [6.07, 6.45) is 5.14. The van der Waals surface area contributed by atoms with Gasteiger partial charge in [0, 0.05) is 35.1 Å². The lowest BCUT2D eigenvalue weighted by molar-refractivity contribution is 0.0984. The molecule has 3 aromatic rings. The molecular weight excluding hydrogens is 320 g/mol. The maximum atomic E-state index is 6.00. The molecule has 26 heavy (non-hydrogen) atoms. The number of hydrogen-bond donors (Lipinski definition) is 0. The molecule has 0 spiro atoms. The Morgan fingerprint density at radius 3 is 2.69 bits per heavy atom. The van der Waals surface area contributed by atoms with E-state index in [0.29, 0.717) is 18.7 Å². The van der Waals surface area contributed by atoms with E-state index in [9.17, 15) is 0 Å². The van der Waals surface area contributed by atoms with Crippen LogP contribution in [-0.4, -0.2) is 29.2 Å². The molecule has 5 rings (SSSR count). The minimum atomic E-state index is 0.582. The highest BCUT2D eigenvalue weighted by atomic mass is 16.5. The summed E-state index contributed by atoms with van der Waals surface area (Å²) < 4.78 is 8.54. The third-order valence-electron chi connectivity index (χ3n) is 6.29. The van der Waals surface area contributed by atoms with Gasteiger partial charge >= 0.3 is 0 Å². The van der Waals surface area contributed by atoms with Crippen LogP contribution in [0.25, 0.3) is 10.9 Å². The standard InChI is InChI=1S/C23H26N2O/c1-24-17-8-7-13-21(24)23-19-11-5-6-12-20(19)25(22(23)16-17)14-15-26-18-9-3-2-4-10-18/h2-6,9-12,17,21H,7-8,13-16H2,1H3. The van der Waals surface area contributed by atoms with E-state index in [1.807, 2.05) is 30.3 Å². The third kappa shape index (κ3) is 2.53. The van der Waals surface area contributed by atoms with E-state index in [0.717, 1.165) is 12.3 Å². The van der Waals surface area contributed by atoms with E-state index in [1.54, 1.807) is 11.3 Å². The Labute approximate surface area is 155 Å². The van der Waals surface area contributed by atoms with Gasteiger partial charge in [-0.25, -0.2) is 0 Å². The van der Waals surface area contributed by atoms with Crippen LogP contribution in [0.1, 0.15) is 36.6 Å². The molecule has 0 saturated carbocycles. The molecule has 0 amide bonds. The summed E-state index contributed by atoms with van der Waals surface area (Å²) >= 11 is 0. The van der Waals surface area contributed by atoms with Crippen LogP contribution in [0, 0.1) is 0 Å². The fourth-order valence-corrected chi connectivity index (χ4v) is 5.03. The molecule has 2 atom stereocenters. The van der Waals surface area contributed by atoms with E-state index >= 15 is 0 Å². The molecule has 1 saturated heterocycles. The van der Waals surface area contributed by atoms with Crippen LogP contribution in [0.5, 0.6) is 5.75 Å². The normalized spacial score (nSPS) is 22.3. The van der Waals surface area contributed by atoms with Gasteiger partial charge in [-0.3, -0.25) is 4.90 Å². The summed E-state index contributed by atoms with van der Waals surface area (Å²) in [5.41, 5.74) is 4.50. The smallest absolute Gasteiger partial charge is 0.119 e. The molecule has 0 radical (unpaired) electrons. The van der Waals surface area contributed by atoms with Crippen LogP contribution in [0.15, 0.2) is 54.6 Å². The Morgan fingerprint density at radius 1 is 1.00 bits per heavy atom. The van der Waals surface area contributed by atoms with Crippen LogP contribution in [-0.2, 0) is 13.0 Å². The topological polar surface area (TPSA) is 17.4 Å². The van der Waals surface area contributed by atoms with Gasteiger partial charge in [-0.15, -0.1) is 0 Å². The van der Waals surface area contributed by atoms with Crippen LogP contribution in [0.4, 0.5) is 0 Å². The molecule has 0 aliphatic carbocycles. The molecule has 1 aromatic heterocycles. The first-order valence-corrected chi connectivity index (χ1v) is 9.82. The van der Waals surface area contributed by atoms with Gasteiger partial charge in [-0.05, 0) is 50.1 Å². The van der Waals surface area contributed by atoms with Crippen LogP contribution in [0.2, 0.25) is 0 Å². The van der Waals surface area contributed by atoms with Crippen LogP contribution >= 0.6 is 0 Å². The predicted molar refractivity (Wildman–Crippen MR) is 106 cm³/mol. The van der Waals surface area contributed by atoms with Crippen molar-refractivity contribution in [2.45, 2.75) is 44.3 Å². The number of piperidine rings is 1. The molecule has 1 fully saturated rings. The third-order valence-corrected chi connectivity index (χ3v) is 6.29. The zero-order chi connectivity index (χ0) is 17.5. The number of likely N-dealkylation sites (N-methyl/N-ethyl adjacent to an activating group) is 1. The first-order chi connectivity index (χ1) is 12.8. The first-order valence-electron chi connectivity index (χ1n) is 9.82. The van der Waals surface area contributed by atoms with Crippen molar-refractivity contribution < 1.29 is 4.74 Å². The van der Waals surface area contributed by atoms with Crippen LogP contribution in [0.3, 0.4) is 0 Å². The lowest BCUT2D eigenvalue weighted by atomic mass is 9.82. The van der Waals surface area contributed by atoms with Crippen molar-refractivity contribution >= 4 is 10.9 Å². The molecule has 2 aliphatic heterocycles. The number of ether oxygens (including phenoxy) is 1. The average molecular weight is 346 g/mol. The van der Waals surface area contributed by atoms with E-state index in [-0.39, 0.29) is 0 Å². The quantitative estimate of drug-likeness (QED) is 0.675. The summed E-state index contributed by atoms with van der Waals surface area (Å²) in [5.74, 6) is 0.953. The van der Waals surface area contributed by atoms with Crippen molar-refractivity contribution in [3.63, 3.8) is 0 Å². The highest BCUT2D eigenvalue weighted by molar-refractivity contribution is 5.86. The lowest BCUT2D eigenvalue weighted by Gasteiger charge is -2.44. The number of para-hydroxylation sites is 2. The molecule has 134 valence electrons. The molecule has 0 N–H and O–H groups in total. The Balaban J connectivity index is 1.51. The Hall–Kier alpha value is -2.26. The summed E-state index contributed by atoms with van der Waals surface area (Å²) in [7, 11) is 2.32. The summed E-state index contributed by atoms with van der Waals surface area (Å²) in [5, 5.41) is 1.44. The average Bonchev–Trinajstić information content (AvgIpc) is 2.96. The number of aromatic nitrogens is 1. The number of hydrogen-bond acceptors (Lipinski definition) is 2. The predicted octanol–water partition coefficient (Wildman–Crippen LogP) is 4.80. The molecule has 2 bridgehead atoms. The second-order valence-electron chi connectivity index (χ2n) is 7.66. The van der Waals surface area contributed by atoms with Gasteiger partial charge < -0.3 is 9.30 Å². The molecule has 2 unspecified atom stereocenters. The number of rotatable bonds is 4. The SMILES string of the molecule is CN1C2CCCC1c1c(n(CCOc3ccccc3)c3ccccc13)C2. The lowest BCUT2D eigenvalue weighted by Crippen LogP contribution is -2.44. The van der Waals surface area contributed by atoms with Gasteiger partial charge in [0.25, 0.3) is 0 Å². The van der Waals surface area contributed by atoms with Gasteiger partial charge in [-0.2, -0.15) is 0 Å². The Morgan fingerprint density at radius 2 is 1.81 bits per heavy atom. The maximum absolute atomic E-state index is 6.00. The number of fused-ring (bicyclic) bond motifs is 6. The summed E-state index contributed by atoms with van der Waals surface area (Å²) in [6, 6.07) is 20.4.